The first-order valence-electron chi connectivity index (χ1n) is 5.96. The van der Waals surface area contributed by atoms with Crippen molar-refractivity contribution >= 4 is 46.4 Å². The normalized spacial score (nSPS) is 10.3. The van der Waals surface area contributed by atoms with E-state index in [2.05, 4.69) is 22.2 Å². The van der Waals surface area contributed by atoms with E-state index < -0.39 is 11.9 Å². The monoisotopic (exact) mass is 325 g/mol. The highest BCUT2D eigenvalue weighted by molar-refractivity contribution is 7.99. The number of imide groups is 1. The molecule has 0 aliphatic heterocycles. The maximum Gasteiger partial charge on any atom is 0.321 e. The average Bonchev–Trinajstić information content (AvgIpc) is 2.85. The Bertz CT molecular complexity index is 686. The molecule has 1 heterocycles. The van der Waals surface area contributed by atoms with Gasteiger partial charge in [-0.25, -0.2) is 9.78 Å². The molecule has 2 rings (SSSR count). The summed E-state index contributed by atoms with van der Waals surface area (Å²) in [6, 6.07) is 4.51. The molecule has 0 aliphatic rings. The molecule has 2 N–H and O–H groups in total. The first-order chi connectivity index (χ1) is 10.1. The predicted octanol–water partition coefficient (Wildman–Crippen LogP) is 2.59. The largest absolute Gasteiger partial charge is 0.431 e. The van der Waals surface area contributed by atoms with E-state index in [4.69, 9.17) is 16.0 Å². The Balaban J connectivity index is 1.87. The summed E-state index contributed by atoms with van der Waals surface area (Å²) in [4.78, 5) is 27.0. The number of nitrogens with zero attached hydrogens (tertiary/aromatic N) is 1. The Morgan fingerprint density at radius 2 is 2.29 bits per heavy atom. The number of thioether (sulfide) groups is 1. The van der Waals surface area contributed by atoms with Crippen molar-refractivity contribution in [2.75, 3.05) is 12.3 Å². The zero-order valence-corrected chi connectivity index (χ0v) is 12.5. The average molecular weight is 326 g/mol. The zero-order valence-electron chi connectivity index (χ0n) is 10.9. The summed E-state index contributed by atoms with van der Waals surface area (Å²) >= 11 is 6.94. The van der Waals surface area contributed by atoms with Crippen molar-refractivity contribution in [3.63, 3.8) is 0 Å². The molecule has 8 heteroatoms. The molecule has 110 valence electrons. The number of oxazole rings is 1. The number of urea groups is 1. The molecule has 0 bridgehead atoms. The number of carbonyl (C=O) groups is 2. The highest BCUT2D eigenvalue weighted by Crippen LogP contribution is 2.25. The third kappa shape index (κ3) is 4.51. The summed E-state index contributed by atoms with van der Waals surface area (Å²) in [5.74, 6) is -0.427. The lowest BCUT2D eigenvalue weighted by atomic mass is 10.3. The number of hydrogen-bond acceptors (Lipinski definition) is 5. The summed E-state index contributed by atoms with van der Waals surface area (Å²) < 4.78 is 5.44. The van der Waals surface area contributed by atoms with Crippen molar-refractivity contribution < 1.29 is 14.0 Å². The predicted molar refractivity (Wildman–Crippen MR) is 81.5 cm³/mol. The van der Waals surface area contributed by atoms with E-state index in [9.17, 15) is 9.59 Å². The van der Waals surface area contributed by atoms with Gasteiger partial charge in [-0.3, -0.25) is 10.1 Å². The number of carbonyl (C=O) groups excluding carboxylic acids is 2. The third-order valence-corrected chi connectivity index (χ3v) is 3.38. The van der Waals surface area contributed by atoms with Gasteiger partial charge in [0.15, 0.2) is 5.58 Å². The van der Waals surface area contributed by atoms with Gasteiger partial charge in [-0.05, 0) is 18.2 Å². The number of halogens is 1. The molecule has 1 aromatic carbocycles. The minimum Gasteiger partial charge on any atom is -0.431 e. The van der Waals surface area contributed by atoms with E-state index in [1.165, 1.54) is 6.08 Å². The first kappa shape index (κ1) is 15.4. The number of aromatic nitrogens is 1. The zero-order chi connectivity index (χ0) is 15.2. The third-order valence-electron chi connectivity index (χ3n) is 2.32. The standard InChI is InChI=1S/C13H12ClN3O3S/c1-2-5-15-12(19)17-11(18)7-21-13-16-9-6-8(14)3-4-10(9)20-13/h2-4,6H,1,5,7H2,(H2,15,17,18,19). The van der Waals surface area contributed by atoms with E-state index >= 15 is 0 Å². The number of rotatable bonds is 5. The summed E-state index contributed by atoms with van der Waals surface area (Å²) in [5.41, 5.74) is 1.21. The Morgan fingerprint density at radius 3 is 3.05 bits per heavy atom. The molecule has 3 amide bonds. The number of amides is 3. The van der Waals surface area contributed by atoms with Gasteiger partial charge < -0.3 is 9.73 Å². The quantitative estimate of drug-likeness (QED) is 0.652. The first-order valence-corrected chi connectivity index (χ1v) is 7.32. The number of nitrogens with one attached hydrogen (secondary N) is 2. The number of fused-ring (bicyclic) bond motifs is 1. The van der Waals surface area contributed by atoms with Crippen LogP contribution in [-0.4, -0.2) is 29.2 Å². The minimum atomic E-state index is -0.565. The van der Waals surface area contributed by atoms with E-state index in [1.807, 2.05) is 0 Å². The van der Waals surface area contributed by atoms with Gasteiger partial charge in [0, 0.05) is 11.6 Å². The van der Waals surface area contributed by atoms with Crippen LogP contribution >= 0.6 is 23.4 Å². The van der Waals surface area contributed by atoms with Gasteiger partial charge in [0.2, 0.25) is 5.91 Å². The molecule has 0 spiro atoms. The topological polar surface area (TPSA) is 84.2 Å². The van der Waals surface area contributed by atoms with Crippen LogP contribution in [-0.2, 0) is 4.79 Å². The Hall–Kier alpha value is -1.99. The Labute approximate surface area is 129 Å². The van der Waals surface area contributed by atoms with Crippen molar-refractivity contribution in [1.82, 2.24) is 15.6 Å². The fourth-order valence-electron chi connectivity index (χ4n) is 1.44. The van der Waals surface area contributed by atoms with Crippen molar-refractivity contribution in [2.24, 2.45) is 0 Å². The molecule has 1 aromatic heterocycles. The fraction of sp³-hybridized carbons (Fsp3) is 0.154. The van der Waals surface area contributed by atoms with E-state index in [1.54, 1.807) is 18.2 Å². The van der Waals surface area contributed by atoms with Crippen molar-refractivity contribution in [3.05, 3.63) is 35.9 Å². The lowest BCUT2D eigenvalue weighted by Gasteiger charge is -2.03. The molecule has 0 saturated heterocycles. The van der Waals surface area contributed by atoms with Crippen molar-refractivity contribution in [1.29, 1.82) is 0 Å². The highest BCUT2D eigenvalue weighted by atomic mass is 35.5. The van der Waals surface area contributed by atoms with Crippen LogP contribution in [0.1, 0.15) is 0 Å². The second kappa shape index (κ2) is 7.14. The molecule has 0 unspecified atom stereocenters. The summed E-state index contributed by atoms with van der Waals surface area (Å²) in [6.07, 6.45) is 1.52. The Kier molecular flexibility index (Phi) is 5.24. The summed E-state index contributed by atoms with van der Waals surface area (Å²) in [7, 11) is 0. The maximum absolute atomic E-state index is 11.6. The lowest BCUT2D eigenvalue weighted by Crippen LogP contribution is -2.40. The molecule has 0 fully saturated rings. The maximum atomic E-state index is 11.6. The van der Waals surface area contributed by atoms with Gasteiger partial charge in [0.1, 0.15) is 5.52 Å². The van der Waals surface area contributed by atoms with E-state index in [0.29, 0.717) is 21.3 Å². The minimum absolute atomic E-state index is 0.0159. The molecular weight excluding hydrogens is 314 g/mol. The molecule has 2 aromatic rings. The van der Waals surface area contributed by atoms with Crippen LogP contribution < -0.4 is 10.6 Å². The molecule has 21 heavy (non-hydrogen) atoms. The van der Waals surface area contributed by atoms with Crippen molar-refractivity contribution in [3.8, 4) is 0 Å². The lowest BCUT2D eigenvalue weighted by molar-refractivity contribution is -0.117. The van der Waals surface area contributed by atoms with Crippen LogP contribution in [0.15, 0.2) is 40.5 Å². The van der Waals surface area contributed by atoms with Gasteiger partial charge in [-0.1, -0.05) is 29.4 Å². The van der Waals surface area contributed by atoms with Gasteiger partial charge in [-0.15, -0.1) is 6.58 Å². The van der Waals surface area contributed by atoms with Crippen LogP contribution in [0, 0.1) is 0 Å². The summed E-state index contributed by atoms with van der Waals surface area (Å²) in [5, 5.41) is 5.52. The summed E-state index contributed by atoms with van der Waals surface area (Å²) in [6.45, 7) is 3.74. The van der Waals surface area contributed by atoms with Gasteiger partial charge in [0.25, 0.3) is 5.22 Å². The molecular formula is C13H12ClN3O3S. The van der Waals surface area contributed by atoms with Gasteiger partial charge in [-0.2, -0.15) is 0 Å². The Morgan fingerprint density at radius 1 is 1.48 bits per heavy atom. The highest BCUT2D eigenvalue weighted by Gasteiger charge is 2.11. The van der Waals surface area contributed by atoms with Gasteiger partial charge >= 0.3 is 6.03 Å². The van der Waals surface area contributed by atoms with E-state index in [-0.39, 0.29) is 12.3 Å². The number of benzene rings is 1. The van der Waals surface area contributed by atoms with E-state index in [0.717, 1.165) is 11.8 Å². The van der Waals surface area contributed by atoms with Crippen LogP contribution in [0.25, 0.3) is 11.1 Å². The molecule has 6 nitrogen and oxygen atoms in total. The van der Waals surface area contributed by atoms with Crippen LogP contribution in [0.5, 0.6) is 0 Å². The molecule has 0 radical (unpaired) electrons. The van der Waals surface area contributed by atoms with Crippen LogP contribution in [0.3, 0.4) is 0 Å². The second-order valence-electron chi connectivity index (χ2n) is 3.93. The molecule has 0 aliphatic carbocycles. The molecule has 0 saturated carbocycles. The second-order valence-corrected chi connectivity index (χ2v) is 5.29. The smallest absolute Gasteiger partial charge is 0.321 e. The van der Waals surface area contributed by atoms with Crippen LogP contribution in [0.4, 0.5) is 4.79 Å². The van der Waals surface area contributed by atoms with Crippen molar-refractivity contribution in [2.45, 2.75) is 5.22 Å². The number of hydrogen-bond donors (Lipinski definition) is 2. The molecule has 0 atom stereocenters. The van der Waals surface area contributed by atoms with Crippen LogP contribution in [0.2, 0.25) is 5.02 Å². The SMILES string of the molecule is C=CCNC(=O)NC(=O)CSc1nc2cc(Cl)ccc2o1. The van der Waals surface area contributed by atoms with Gasteiger partial charge in [0.05, 0.1) is 5.75 Å². The fourth-order valence-corrected chi connectivity index (χ4v) is 2.24.